The Labute approximate surface area is 167 Å². The second-order valence-corrected chi connectivity index (χ2v) is 6.51. The maximum atomic E-state index is 12.9. The topological polar surface area (TPSA) is 97.1 Å². The summed E-state index contributed by atoms with van der Waals surface area (Å²) >= 11 is 0. The summed E-state index contributed by atoms with van der Waals surface area (Å²) in [5.74, 6) is 0.146. The Morgan fingerprint density at radius 1 is 1.15 bits per heavy atom. The molecular weight excluding hydrogens is 383 g/mol. The minimum absolute atomic E-state index is 0. The van der Waals surface area contributed by atoms with Crippen molar-refractivity contribution in [1.82, 2.24) is 15.1 Å². The van der Waals surface area contributed by atoms with Gasteiger partial charge in [0, 0.05) is 59.6 Å². The van der Waals surface area contributed by atoms with Gasteiger partial charge in [0.15, 0.2) is 0 Å². The van der Waals surface area contributed by atoms with Crippen molar-refractivity contribution >= 4 is 36.6 Å². The smallest absolute Gasteiger partial charge is 0.234 e. The number of carbonyl (C=O) groups excluding carboxylic acids is 2. The third-order valence-electron chi connectivity index (χ3n) is 4.95. The number of methoxy groups -OCH3 is 1. The number of hydrogen-bond acceptors (Lipinski definition) is 6. The highest BCUT2D eigenvalue weighted by Crippen LogP contribution is 2.32. The summed E-state index contributed by atoms with van der Waals surface area (Å²) in [5.41, 5.74) is 5.46. The van der Waals surface area contributed by atoms with Crippen molar-refractivity contribution in [1.29, 1.82) is 0 Å². The molecule has 2 fully saturated rings. The van der Waals surface area contributed by atoms with E-state index in [1.165, 1.54) is 0 Å². The fourth-order valence-corrected chi connectivity index (χ4v) is 3.26. The summed E-state index contributed by atoms with van der Waals surface area (Å²) in [7, 11) is 1.61. The number of halogens is 2. The molecule has 0 atom stereocenters. The molecule has 0 bridgehead atoms. The van der Waals surface area contributed by atoms with E-state index in [9.17, 15) is 9.59 Å². The lowest BCUT2D eigenvalue weighted by molar-refractivity contribution is -0.149. The number of nitrogens with zero attached hydrogens (tertiary/aromatic N) is 2. The maximum absolute atomic E-state index is 12.9. The minimum Gasteiger partial charge on any atom is -0.383 e. The fourth-order valence-electron chi connectivity index (χ4n) is 3.26. The number of rotatable bonds is 7. The maximum Gasteiger partial charge on any atom is 0.234 e. The van der Waals surface area contributed by atoms with Gasteiger partial charge in [-0.05, 0) is 12.8 Å². The van der Waals surface area contributed by atoms with Crippen molar-refractivity contribution in [2.45, 2.75) is 12.8 Å². The molecule has 10 heteroatoms. The normalized spacial score (nSPS) is 19.8. The van der Waals surface area contributed by atoms with Gasteiger partial charge in [-0.15, -0.1) is 24.8 Å². The summed E-state index contributed by atoms with van der Waals surface area (Å²) < 4.78 is 10.3. The number of ether oxygens (including phenoxy) is 2. The van der Waals surface area contributed by atoms with Gasteiger partial charge < -0.3 is 25.4 Å². The van der Waals surface area contributed by atoms with Crippen LogP contribution in [-0.4, -0.2) is 94.4 Å². The molecule has 2 amide bonds. The molecule has 0 unspecified atom stereocenters. The van der Waals surface area contributed by atoms with E-state index in [0.717, 1.165) is 0 Å². The molecule has 0 aromatic heterocycles. The largest absolute Gasteiger partial charge is 0.383 e. The van der Waals surface area contributed by atoms with E-state index < -0.39 is 5.41 Å². The van der Waals surface area contributed by atoms with Gasteiger partial charge in [-0.1, -0.05) is 0 Å². The molecule has 0 saturated carbocycles. The standard InChI is InChI=1S/C16H30N4O4.2ClH/c1-23-11-4-18-14(21)12-19-5-7-20(8-6-19)15(22)16(13-17)2-9-24-10-3-16;;/h2-13,17H2,1H3,(H,18,21);2*1H. The van der Waals surface area contributed by atoms with Crippen LogP contribution in [-0.2, 0) is 19.1 Å². The molecule has 0 spiro atoms. The SMILES string of the molecule is COCCNC(=O)CN1CCN(C(=O)C2(CN)CCOCC2)CC1.Cl.Cl. The lowest BCUT2D eigenvalue weighted by Gasteiger charge is -2.42. The zero-order chi connectivity index (χ0) is 17.4. The first-order valence-corrected chi connectivity index (χ1v) is 8.66. The van der Waals surface area contributed by atoms with Crippen molar-refractivity contribution in [3.63, 3.8) is 0 Å². The highest BCUT2D eigenvalue weighted by molar-refractivity contribution is 5.85. The number of nitrogens with one attached hydrogen (secondary N) is 1. The van der Waals surface area contributed by atoms with Gasteiger partial charge in [-0.3, -0.25) is 14.5 Å². The highest BCUT2D eigenvalue weighted by atomic mass is 35.5. The molecule has 0 aromatic rings. The quantitative estimate of drug-likeness (QED) is 0.544. The fraction of sp³-hybridized carbons (Fsp3) is 0.875. The van der Waals surface area contributed by atoms with Crippen LogP contribution in [0.3, 0.4) is 0 Å². The molecule has 2 saturated heterocycles. The third kappa shape index (κ3) is 6.83. The summed E-state index contributed by atoms with van der Waals surface area (Å²) in [6.07, 6.45) is 1.40. The summed E-state index contributed by atoms with van der Waals surface area (Å²) in [6, 6.07) is 0. The average molecular weight is 415 g/mol. The van der Waals surface area contributed by atoms with Gasteiger partial charge in [0.05, 0.1) is 18.6 Å². The Kier molecular flexibility index (Phi) is 12.4. The average Bonchev–Trinajstić information content (AvgIpc) is 2.62. The number of hydrogen-bond donors (Lipinski definition) is 2. The van der Waals surface area contributed by atoms with Crippen molar-refractivity contribution < 1.29 is 19.1 Å². The highest BCUT2D eigenvalue weighted by Gasteiger charge is 2.42. The van der Waals surface area contributed by atoms with E-state index in [-0.39, 0.29) is 36.6 Å². The number of carbonyl (C=O) groups is 2. The van der Waals surface area contributed by atoms with Crippen LogP contribution in [0.5, 0.6) is 0 Å². The lowest BCUT2D eigenvalue weighted by atomic mass is 9.78. The van der Waals surface area contributed by atoms with Gasteiger partial charge in [0.25, 0.3) is 0 Å². The molecule has 0 aromatic carbocycles. The molecule has 2 aliphatic rings. The van der Waals surface area contributed by atoms with Gasteiger partial charge in [-0.25, -0.2) is 0 Å². The molecule has 154 valence electrons. The molecule has 2 aliphatic heterocycles. The summed E-state index contributed by atoms with van der Waals surface area (Å²) in [4.78, 5) is 28.7. The predicted octanol–water partition coefficient (Wildman–Crippen LogP) is -0.508. The molecule has 26 heavy (non-hydrogen) atoms. The van der Waals surface area contributed by atoms with E-state index in [4.69, 9.17) is 15.2 Å². The van der Waals surface area contributed by atoms with Gasteiger partial charge in [0.1, 0.15) is 0 Å². The van der Waals surface area contributed by atoms with Crippen LogP contribution in [0.15, 0.2) is 0 Å². The van der Waals surface area contributed by atoms with E-state index in [2.05, 4.69) is 10.2 Å². The summed E-state index contributed by atoms with van der Waals surface area (Å²) in [5, 5.41) is 2.82. The van der Waals surface area contributed by atoms with Crippen LogP contribution in [0.4, 0.5) is 0 Å². The minimum atomic E-state index is -0.460. The Morgan fingerprint density at radius 3 is 2.31 bits per heavy atom. The Bertz CT molecular complexity index is 428. The molecule has 8 nitrogen and oxygen atoms in total. The zero-order valence-corrected chi connectivity index (χ0v) is 17.0. The monoisotopic (exact) mass is 414 g/mol. The zero-order valence-electron chi connectivity index (χ0n) is 15.4. The number of amides is 2. The number of nitrogens with two attached hydrogens (primary N) is 1. The van der Waals surface area contributed by atoms with Gasteiger partial charge >= 0.3 is 0 Å². The van der Waals surface area contributed by atoms with E-state index >= 15 is 0 Å². The van der Waals surface area contributed by atoms with Crippen LogP contribution in [0.2, 0.25) is 0 Å². The van der Waals surface area contributed by atoms with Crippen LogP contribution >= 0.6 is 24.8 Å². The first kappa shape index (κ1) is 25.4. The van der Waals surface area contributed by atoms with Crippen molar-refractivity contribution in [3.05, 3.63) is 0 Å². The van der Waals surface area contributed by atoms with E-state index in [0.29, 0.717) is 78.5 Å². The summed E-state index contributed by atoms with van der Waals surface area (Å²) in [6.45, 7) is 5.68. The van der Waals surface area contributed by atoms with Crippen LogP contribution in [0.25, 0.3) is 0 Å². The van der Waals surface area contributed by atoms with Gasteiger partial charge in [-0.2, -0.15) is 0 Å². The second kappa shape index (κ2) is 12.7. The van der Waals surface area contributed by atoms with Crippen LogP contribution in [0, 0.1) is 5.41 Å². The second-order valence-electron chi connectivity index (χ2n) is 6.51. The van der Waals surface area contributed by atoms with Gasteiger partial charge in [0.2, 0.25) is 11.8 Å². The molecule has 0 radical (unpaired) electrons. The van der Waals surface area contributed by atoms with Crippen LogP contribution < -0.4 is 11.1 Å². The predicted molar refractivity (Wildman–Crippen MR) is 104 cm³/mol. The Morgan fingerprint density at radius 2 is 1.77 bits per heavy atom. The third-order valence-corrected chi connectivity index (χ3v) is 4.95. The lowest BCUT2D eigenvalue weighted by Crippen LogP contribution is -2.57. The Balaban J connectivity index is 0.00000312. The first-order valence-electron chi connectivity index (χ1n) is 8.66. The molecular formula is C16H32Cl2N4O4. The molecule has 2 heterocycles. The van der Waals surface area contributed by atoms with Crippen LogP contribution in [0.1, 0.15) is 12.8 Å². The van der Waals surface area contributed by atoms with Crippen molar-refractivity contribution in [2.75, 3.05) is 72.7 Å². The molecule has 2 rings (SSSR count). The van der Waals surface area contributed by atoms with Crippen molar-refractivity contribution in [3.8, 4) is 0 Å². The Hall–Kier alpha value is -0.640. The van der Waals surface area contributed by atoms with Crippen molar-refractivity contribution in [2.24, 2.45) is 11.1 Å². The first-order chi connectivity index (χ1) is 11.6. The van der Waals surface area contributed by atoms with E-state index in [1.807, 2.05) is 4.90 Å². The molecule has 0 aliphatic carbocycles. The number of piperazine rings is 1. The molecule has 3 N–H and O–H groups in total. The van der Waals surface area contributed by atoms with E-state index in [1.54, 1.807) is 7.11 Å².